The highest BCUT2D eigenvalue weighted by Gasteiger charge is 2.37. The molecule has 6 heteroatoms. The minimum atomic E-state index is 0.335. The van der Waals surface area contributed by atoms with E-state index in [1.807, 2.05) is 12.4 Å². The molecule has 31 heavy (non-hydrogen) atoms. The molecule has 0 saturated heterocycles. The fourth-order valence-corrected chi connectivity index (χ4v) is 5.81. The number of halogens is 1. The van der Waals surface area contributed by atoms with Crippen molar-refractivity contribution in [2.75, 3.05) is 0 Å². The molecule has 2 N–H and O–H groups in total. The molecule has 3 fully saturated rings. The van der Waals surface area contributed by atoms with Crippen molar-refractivity contribution in [3.8, 4) is 11.3 Å². The SMILES string of the molecule is CC(C)n1ncc(-c2nc(C3CCC3C[C@H]3CC[C@H](N)CC3)ncc2Cl)c1CC1CC1. The van der Waals surface area contributed by atoms with Gasteiger partial charge >= 0.3 is 0 Å². The van der Waals surface area contributed by atoms with E-state index in [-0.39, 0.29) is 0 Å². The summed E-state index contributed by atoms with van der Waals surface area (Å²) in [7, 11) is 0. The van der Waals surface area contributed by atoms with Crippen LogP contribution in [0.3, 0.4) is 0 Å². The lowest BCUT2D eigenvalue weighted by atomic mass is 9.67. The monoisotopic (exact) mass is 441 g/mol. The molecule has 3 saturated carbocycles. The first-order chi connectivity index (χ1) is 15.0. The van der Waals surface area contributed by atoms with Crippen molar-refractivity contribution in [3.63, 3.8) is 0 Å². The van der Waals surface area contributed by atoms with Gasteiger partial charge in [-0.1, -0.05) is 11.6 Å². The van der Waals surface area contributed by atoms with Crippen LogP contribution in [0.4, 0.5) is 0 Å². The highest BCUT2D eigenvalue weighted by Crippen LogP contribution is 2.47. The molecule has 5 nitrogen and oxygen atoms in total. The zero-order chi connectivity index (χ0) is 21.5. The zero-order valence-electron chi connectivity index (χ0n) is 18.9. The van der Waals surface area contributed by atoms with E-state index < -0.39 is 0 Å². The van der Waals surface area contributed by atoms with E-state index in [1.54, 1.807) is 0 Å². The molecule has 2 aromatic rings. The third-order valence-corrected chi connectivity index (χ3v) is 8.14. The topological polar surface area (TPSA) is 69.6 Å². The van der Waals surface area contributed by atoms with E-state index in [0.29, 0.717) is 28.9 Å². The highest BCUT2D eigenvalue weighted by atomic mass is 35.5. The van der Waals surface area contributed by atoms with Crippen LogP contribution >= 0.6 is 11.6 Å². The normalized spacial score (nSPS) is 28.7. The van der Waals surface area contributed by atoms with Crippen LogP contribution in [0.15, 0.2) is 12.4 Å². The van der Waals surface area contributed by atoms with Gasteiger partial charge in [-0.3, -0.25) is 4.68 Å². The molecular weight excluding hydrogens is 406 g/mol. The Morgan fingerprint density at radius 3 is 2.42 bits per heavy atom. The van der Waals surface area contributed by atoms with Crippen LogP contribution in [0.25, 0.3) is 11.3 Å². The molecule has 2 heterocycles. The van der Waals surface area contributed by atoms with Crippen molar-refractivity contribution in [2.45, 2.75) is 96.1 Å². The van der Waals surface area contributed by atoms with E-state index in [4.69, 9.17) is 32.4 Å². The van der Waals surface area contributed by atoms with Crippen LogP contribution in [0.1, 0.15) is 95.1 Å². The second-order valence-corrected chi connectivity index (χ2v) is 11.0. The summed E-state index contributed by atoms with van der Waals surface area (Å²) in [6.07, 6.45) is 16.2. The van der Waals surface area contributed by atoms with Crippen molar-refractivity contribution in [3.05, 3.63) is 28.9 Å². The lowest BCUT2D eigenvalue weighted by Gasteiger charge is -2.39. The smallest absolute Gasteiger partial charge is 0.132 e. The average Bonchev–Trinajstić information content (AvgIpc) is 3.45. The maximum absolute atomic E-state index is 6.64. The lowest BCUT2D eigenvalue weighted by molar-refractivity contribution is 0.171. The predicted molar refractivity (Wildman–Crippen MR) is 125 cm³/mol. The molecule has 5 rings (SSSR count). The zero-order valence-corrected chi connectivity index (χ0v) is 19.7. The molecule has 2 aromatic heterocycles. The third kappa shape index (κ3) is 4.54. The quantitative estimate of drug-likeness (QED) is 0.578. The number of hydrogen-bond donors (Lipinski definition) is 1. The molecular formula is C25H36ClN5. The molecule has 168 valence electrons. The largest absolute Gasteiger partial charge is 0.328 e. The highest BCUT2D eigenvalue weighted by molar-refractivity contribution is 6.32. The third-order valence-electron chi connectivity index (χ3n) is 7.86. The Balaban J connectivity index is 1.37. The lowest BCUT2D eigenvalue weighted by Crippen LogP contribution is -2.31. The van der Waals surface area contributed by atoms with Crippen molar-refractivity contribution >= 4 is 11.6 Å². The first-order valence-corrected chi connectivity index (χ1v) is 12.7. The maximum Gasteiger partial charge on any atom is 0.132 e. The van der Waals surface area contributed by atoms with Crippen LogP contribution in [-0.2, 0) is 6.42 Å². The second-order valence-electron chi connectivity index (χ2n) is 10.6. The van der Waals surface area contributed by atoms with Crippen molar-refractivity contribution in [2.24, 2.45) is 23.5 Å². The van der Waals surface area contributed by atoms with Crippen molar-refractivity contribution in [1.29, 1.82) is 0 Å². The van der Waals surface area contributed by atoms with E-state index in [1.165, 1.54) is 63.5 Å². The number of aromatic nitrogens is 4. The van der Waals surface area contributed by atoms with Gasteiger partial charge in [-0.05, 0) is 95.8 Å². The first-order valence-electron chi connectivity index (χ1n) is 12.3. The Labute approximate surface area is 191 Å². The summed E-state index contributed by atoms with van der Waals surface area (Å²) in [6.45, 7) is 4.38. The minimum Gasteiger partial charge on any atom is -0.328 e. The van der Waals surface area contributed by atoms with Crippen LogP contribution in [0.2, 0.25) is 5.02 Å². The van der Waals surface area contributed by atoms with Gasteiger partial charge in [-0.2, -0.15) is 5.10 Å². The fraction of sp³-hybridized carbons (Fsp3) is 0.720. The summed E-state index contributed by atoms with van der Waals surface area (Å²) in [4.78, 5) is 9.76. The summed E-state index contributed by atoms with van der Waals surface area (Å²) in [5.41, 5.74) is 9.37. The molecule has 3 aliphatic rings. The van der Waals surface area contributed by atoms with Gasteiger partial charge in [0.15, 0.2) is 0 Å². The Hall–Kier alpha value is -1.46. The summed E-state index contributed by atoms with van der Waals surface area (Å²) in [5, 5.41) is 5.35. The number of nitrogens with zero attached hydrogens (tertiary/aromatic N) is 4. The summed E-state index contributed by atoms with van der Waals surface area (Å²) >= 11 is 6.64. The van der Waals surface area contributed by atoms with Gasteiger partial charge < -0.3 is 5.73 Å². The summed E-state index contributed by atoms with van der Waals surface area (Å²) < 4.78 is 2.16. The molecule has 0 spiro atoms. The van der Waals surface area contributed by atoms with Gasteiger partial charge in [0.25, 0.3) is 0 Å². The molecule has 0 amide bonds. The number of hydrogen-bond acceptors (Lipinski definition) is 4. The number of rotatable bonds is 7. The van der Waals surface area contributed by atoms with E-state index in [2.05, 4.69) is 18.5 Å². The maximum atomic E-state index is 6.64. The van der Waals surface area contributed by atoms with Gasteiger partial charge in [0.2, 0.25) is 0 Å². The van der Waals surface area contributed by atoms with E-state index >= 15 is 0 Å². The molecule has 2 atom stereocenters. The Kier molecular flexibility index (Phi) is 6.09. The van der Waals surface area contributed by atoms with Gasteiger partial charge in [0.1, 0.15) is 5.82 Å². The van der Waals surface area contributed by atoms with Crippen LogP contribution < -0.4 is 5.73 Å². The standard InChI is InChI=1S/C25H36ClN5/c1-15(2)31-23(12-17-3-4-17)21(13-29-31)24-22(26)14-28-25(30-24)20-10-7-18(20)11-16-5-8-19(27)9-6-16/h13-20H,3-12,27H2,1-2H3/t16-,18?,19-,20?. The molecule has 0 radical (unpaired) electrons. The van der Waals surface area contributed by atoms with Gasteiger partial charge in [-0.15, -0.1) is 0 Å². The second kappa shape index (κ2) is 8.82. The molecule has 0 aliphatic heterocycles. The Morgan fingerprint density at radius 1 is 1.03 bits per heavy atom. The van der Waals surface area contributed by atoms with Crippen molar-refractivity contribution in [1.82, 2.24) is 19.7 Å². The van der Waals surface area contributed by atoms with E-state index in [9.17, 15) is 0 Å². The average molecular weight is 442 g/mol. The molecule has 3 aliphatic carbocycles. The van der Waals surface area contributed by atoms with Gasteiger partial charge in [0, 0.05) is 35.5 Å². The predicted octanol–water partition coefficient (Wildman–Crippen LogP) is 5.93. The van der Waals surface area contributed by atoms with Crippen LogP contribution in [-0.4, -0.2) is 25.8 Å². The summed E-state index contributed by atoms with van der Waals surface area (Å²) in [5.74, 6) is 3.77. The van der Waals surface area contributed by atoms with Crippen LogP contribution in [0, 0.1) is 17.8 Å². The van der Waals surface area contributed by atoms with E-state index in [0.717, 1.165) is 35.3 Å². The molecule has 0 aromatic carbocycles. The molecule has 0 bridgehead atoms. The summed E-state index contributed by atoms with van der Waals surface area (Å²) in [6, 6.07) is 0.759. The van der Waals surface area contributed by atoms with Gasteiger partial charge in [0.05, 0.1) is 16.9 Å². The first kappa shape index (κ1) is 21.4. The van der Waals surface area contributed by atoms with Crippen LogP contribution in [0.5, 0.6) is 0 Å². The minimum absolute atomic E-state index is 0.335. The van der Waals surface area contributed by atoms with Crippen molar-refractivity contribution < 1.29 is 0 Å². The number of nitrogens with two attached hydrogens (primary N) is 1. The Bertz CT molecular complexity index is 911. The Morgan fingerprint density at radius 2 is 1.77 bits per heavy atom. The fourth-order valence-electron chi connectivity index (χ4n) is 5.62. The molecule has 2 unspecified atom stereocenters. The van der Waals surface area contributed by atoms with Gasteiger partial charge in [-0.25, -0.2) is 9.97 Å².